The Morgan fingerprint density at radius 3 is 2.65 bits per heavy atom. The van der Waals surface area contributed by atoms with E-state index in [4.69, 9.17) is 15.6 Å². The lowest BCUT2D eigenvalue weighted by Gasteiger charge is -2.30. The Hall–Kier alpha value is -2.51. The minimum atomic E-state index is -0.938. The van der Waals surface area contributed by atoms with Crippen molar-refractivity contribution < 1.29 is 19.6 Å². The standard InChI is InChI=1S/C12H15N3O5/c13-10-2-1-9(7-11(10)15(18)19)20-8-3-5-14(6-4-8)12(16)17/h1-2,7-8H,3-6,13H2,(H,16,17). The first-order valence-corrected chi connectivity index (χ1v) is 6.16. The first kappa shape index (κ1) is 13.9. The van der Waals surface area contributed by atoms with Gasteiger partial charge in [-0.25, -0.2) is 4.79 Å². The zero-order valence-corrected chi connectivity index (χ0v) is 10.7. The molecule has 1 heterocycles. The number of nitrogens with two attached hydrogens (primary N) is 1. The highest BCUT2D eigenvalue weighted by Crippen LogP contribution is 2.28. The van der Waals surface area contributed by atoms with Crippen molar-refractivity contribution in [3.05, 3.63) is 28.3 Å². The van der Waals surface area contributed by atoms with Crippen LogP contribution in [0.25, 0.3) is 0 Å². The highest BCUT2D eigenvalue weighted by atomic mass is 16.6. The molecule has 1 aliphatic rings. The molecule has 1 fully saturated rings. The summed E-state index contributed by atoms with van der Waals surface area (Å²) in [4.78, 5) is 22.3. The number of piperidine rings is 1. The number of hydrogen-bond donors (Lipinski definition) is 2. The molecule has 0 bridgehead atoms. The van der Waals surface area contributed by atoms with Gasteiger partial charge >= 0.3 is 6.09 Å². The van der Waals surface area contributed by atoms with Crippen LogP contribution >= 0.6 is 0 Å². The van der Waals surface area contributed by atoms with Gasteiger partial charge in [0.05, 0.1) is 11.0 Å². The van der Waals surface area contributed by atoms with E-state index in [2.05, 4.69) is 0 Å². The summed E-state index contributed by atoms with van der Waals surface area (Å²) in [5.74, 6) is 0.375. The fraction of sp³-hybridized carbons (Fsp3) is 0.417. The largest absolute Gasteiger partial charge is 0.490 e. The van der Waals surface area contributed by atoms with Gasteiger partial charge in [0.1, 0.15) is 17.5 Å². The van der Waals surface area contributed by atoms with E-state index in [1.807, 2.05) is 0 Å². The van der Waals surface area contributed by atoms with Crippen LogP contribution in [0.4, 0.5) is 16.2 Å². The molecule has 0 aromatic heterocycles. The molecule has 1 aromatic carbocycles. The molecule has 108 valence electrons. The van der Waals surface area contributed by atoms with Gasteiger partial charge in [0.15, 0.2) is 0 Å². The number of nitrogens with zero attached hydrogens (tertiary/aromatic N) is 2. The number of nitro benzene ring substituents is 1. The summed E-state index contributed by atoms with van der Waals surface area (Å²) >= 11 is 0. The van der Waals surface area contributed by atoms with Gasteiger partial charge in [-0.1, -0.05) is 0 Å². The molecule has 0 aliphatic carbocycles. The molecule has 8 heteroatoms. The van der Waals surface area contributed by atoms with Crippen molar-refractivity contribution in [2.45, 2.75) is 18.9 Å². The molecule has 1 amide bonds. The van der Waals surface area contributed by atoms with Gasteiger partial charge in [0.25, 0.3) is 5.69 Å². The maximum Gasteiger partial charge on any atom is 0.407 e. The van der Waals surface area contributed by atoms with Crippen LogP contribution in [-0.2, 0) is 0 Å². The SMILES string of the molecule is Nc1ccc(OC2CCN(C(=O)O)CC2)cc1[N+](=O)[O-]. The fourth-order valence-electron chi connectivity index (χ4n) is 2.11. The Morgan fingerprint density at radius 2 is 2.10 bits per heavy atom. The average molecular weight is 281 g/mol. The number of rotatable bonds is 3. The maximum atomic E-state index is 10.8. The predicted octanol–water partition coefficient (Wildman–Crippen LogP) is 1.70. The van der Waals surface area contributed by atoms with Crippen LogP contribution in [0.2, 0.25) is 0 Å². The number of amides is 1. The van der Waals surface area contributed by atoms with Crippen molar-refractivity contribution in [2.75, 3.05) is 18.8 Å². The quantitative estimate of drug-likeness (QED) is 0.494. The third kappa shape index (κ3) is 3.08. The second-order valence-corrected chi connectivity index (χ2v) is 4.56. The smallest absolute Gasteiger partial charge is 0.407 e. The van der Waals surface area contributed by atoms with Crippen LogP contribution in [0.5, 0.6) is 5.75 Å². The zero-order valence-electron chi connectivity index (χ0n) is 10.7. The number of nitrogen functional groups attached to an aromatic ring is 1. The molecule has 0 atom stereocenters. The Morgan fingerprint density at radius 1 is 1.45 bits per heavy atom. The van der Waals surface area contributed by atoms with E-state index in [0.717, 1.165) is 0 Å². The molecule has 3 N–H and O–H groups in total. The van der Waals surface area contributed by atoms with Gasteiger partial charge in [0.2, 0.25) is 0 Å². The summed E-state index contributed by atoms with van der Waals surface area (Å²) in [6.45, 7) is 0.800. The number of carbonyl (C=O) groups is 1. The summed E-state index contributed by atoms with van der Waals surface area (Å²) in [6, 6.07) is 4.30. The summed E-state index contributed by atoms with van der Waals surface area (Å²) in [5.41, 5.74) is 5.40. The predicted molar refractivity (Wildman–Crippen MR) is 70.8 cm³/mol. The van der Waals surface area contributed by atoms with E-state index >= 15 is 0 Å². The first-order chi connectivity index (χ1) is 9.47. The van der Waals surface area contributed by atoms with Crippen LogP contribution in [0, 0.1) is 10.1 Å². The normalized spacial score (nSPS) is 15.9. The summed E-state index contributed by atoms with van der Waals surface area (Å²) in [5, 5.41) is 19.6. The van der Waals surface area contributed by atoms with E-state index in [1.165, 1.54) is 17.0 Å². The Labute approximate surface area is 114 Å². The van der Waals surface area contributed by atoms with Crippen molar-refractivity contribution in [1.82, 2.24) is 4.90 Å². The molecule has 0 saturated carbocycles. The number of benzene rings is 1. The number of nitro groups is 1. The lowest BCUT2D eigenvalue weighted by Crippen LogP contribution is -2.41. The van der Waals surface area contributed by atoms with Gasteiger partial charge in [-0.15, -0.1) is 0 Å². The van der Waals surface area contributed by atoms with Crippen molar-refractivity contribution in [3.8, 4) is 5.75 Å². The van der Waals surface area contributed by atoms with E-state index in [-0.39, 0.29) is 17.5 Å². The number of ether oxygens (including phenoxy) is 1. The zero-order chi connectivity index (χ0) is 14.7. The third-order valence-electron chi connectivity index (χ3n) is 3.21. The fourth-order valence-corrected chi connectivity index (χ4v) is 2.11. The highest BCUT2D eigenvalue weighted by Gasteiger charge is 2.24. The van der Waals surface area contributed by atoms with E-state index < -0.39 is 11.0 Å². The van der Waals surface area contributed by atoms with Gasteiger partial charge in [-0.2, -0.15) is 0 Å². The summed E-state index contributed by atoms with van der Waals surface area (Å²) < 4.78 is 5.65. The molecular weight excluding hydrogens is 266 g/mol. The van der Waals surface area contributed by atoms with Crippen molar-refractivity contribution in [2.24, 2.45) is 0 Å². The molecule has 0 spiro atoms. The first-order valence-electron chi connectivity index (χ1n) is 6.16. The van der Waals surface area contributed by atoms with Gasteiger partial charge in [-0.05, 0) is 12.1 Å². The van der Waals surface area contributed by atoms with Crippen LogP contribution in [0.1, 0.15) is 12.8 Å². The number of likely N-dealkylation sites (tertiary alicyclic amines) is 1. The van der Waals surface area contributed by atoms with Crippen molar-refractivity contribution in [3.63, 3.8) is 0 Å². The number of carboxylic acid groups (broad SMARTS) is 1. The molecule has 8 nitrogen and oxygen atoms in total. The number of anilines is 1. The molecule has 0 unspecified atom stereocenters. The number of hydrogen-bond acceptors (Lipinski definition) is 5. The topological polar surface area (TPSA) is 119 Å². The average Bonchev–Trinajstić information content (AvgIpc) is 2.41. The Bertz CT molecular complexity index is 526. The highest BCUT2D eigenvalue weighted by molar-refractivity contribution is 5.65. The van der Waals surface area contributed by atoms with Crippen molar-refractivity contribution in [1.29, 1.82) is 0 Å². The van der Waals surface area contributed by atoms with Gasteiger partial charge < -0.3 is 20.5 Å². The van der Waals surface area contributed by atoms with Gasteiger partial charge in [0, 0.05) is 25.9 Å². The monoisotopic (exact) mass is 281 g/mol. The molecule has 0 radical (unpaired) electrons. The van der Waals surface area contributed by atoms with Crippen LogP contribution < -0.4 is 10.5 Å². The van der Waals surface area contributed by atoms with Crippen LogP contribution in [-0.4, -0.2) is 40.2 Å². The van der Waals surface area contributed by atoms with Crippen LogP contribution in [0.3, 0.4) is 0 Å². The second-order valence-electron chi connectivity index (χ2n) is 4.56. The van der Waals surface area contributed by atoms with Crippen molar-refractivity contribution >= 4 is 17.5 Å². The maximum absolute atomic E-state index is 10.8. The second kappa shape index (κ2) is 5.64. The van der Waals surface area contributed by atoms with E-state index in [1.54, 1.807) is 6.07 Å². The molecule has 2 rings (SSSR count). The molecule has 1 aliphatic heterocycles. The lowest BCUT2D eigenvalue weighted by molar-refractivity contribution is -0.384. The van der Waals surface area contributed by atoms with E-state index in [9.17, 15) is 14.9 Å². The third-order valence-corrected chi connectivity index (χ3v) is 3.21. The molecular formula is C12H15N3O5. The van der Waals surface area contributed by atoms with E-state index in [0.29, 0.717) is 31.7 Å². The molecule has 1 aromatic rings. The summed E-state index contributed by atoms with van der Waals surface area (Å²) in [6.07, 6.45) is 0.0370. The van der Waals surface area contributed by atoms with Gasteiger partial charge in [-0.3, -0.25) is 10.1 Å². The Balaban J connectivity index is 1.99. The summed E-state index contributed by atoms with van der Waals surface area (Å²) in [7, 11) is 0. The Kier molecular flexibility index (Phi) is 3.92. The molecule has 20 heavy (non-hydrogen) atoms. The molecule has 1 saturated heterocycles. The van der Waals surface area contributed by atoms with Crippen LogP contribution in [0.15, 0.2) is 18.2 Å². The lowest BCUT2D eigenvalue weighted by atomic mass is 10.1. The minimum Gasteiger partial charge on any atom is -0.490 e. The minimum absolute atomic E-state index is 0.0862.